The molecule has 1 amide bonds. The summed E-state index contributed by atoms with van der Waals surface area (Å²) in [7, 11) is 1.64. The molecule has 1 rings (SSSR count). The van der Waals surface area contributed by atoms with E-state index < -0.39 is 0 Å². The average Bonchev–Trinajstić information content (AvgIpc) is 2.35. The standard InChI is InChI=1S/C14H21BrN2O2/c1-10(16)8-11-5-6-13(12(15)9-11)19-7-3-4-14(18)17-2/h5-6,9-10H,3-4,7-8,16H2,1-2H3,(H,17,18). The molecule has 3 N–H and O–H groups in total. The molecule has 0 fully saturated rings. The van der Waals surface area contributed by atoms with Gasteiger partial charge in [0.05, 0.1) is 11.1 Å². The third-order valence-corrected chi connectivity index (χ3v) is 3.26. The monoisotopic (exact) mass is 328 g/mol. The van der Waals surface area contributed by atoms with Gasteiger partial charge in [0, 0.05) is 19.5 Å². The minimum atomic E-state index is 0.0370. The van der Waals surface area contributed by atoms with Gasteiger partial charge in [-0.3, -0.25) is 4.79 Å². The van der Waals surface area contributed by atoms with Gasteiger partial charge in [0.1, 0.15) is 5.75 Å². The summed E-state index contributed by atoms with van der Waals surface area (Å²) in [6.45, 7) is 2.51. The average molecular weight is 329 g/mol. The predicted octanol–water partition coefficient (Wildman–Crippen LogP) is 2.24. The number of carbonyl (C=O) groups excluding carboxylic acids is 1. The first kappa shape index (κ1) is 16.0. The number of halogens is 1. The van der Waals surface area contributed by atoms with E-state index in [4.69, 9.17) is 10.5 Å². The highest BCUT2D eigenvalue weighted by atomic mass is 79.9. The van der Waals surface area contributed by atoms with Gasteiger partial charge in [-0.1, -0.05) is 6.07 Å². The Morgan fingerprint density at radius 3 is 2.84 bits per heavy atom. The molecule has 4 nitrogen and oxygen atoms in total. The van der Waals surface area contributed by atoms with E-state index in [1.165, 1.54) is 5.56 Å². The molecule has 0 saturated carbocycles. The van der Waals surface area contributed by atoms with E-state index in [1.54, 1.807) is 7.05 Å². The van der Waals surface area contributed by atoms with Crippen molar-refractivity contribution in [1.29, 1.82) is 0 Å². The van der Waals surface area contributed by atoms with Gasteiger partial charge in [-0.15, -0.1) is 0 Å². The molecule has 0 spiro atoms. The fourth-order valence-electron chi connectivity index (χ4n) is 1.70. The van der Waals surface area contributed by atoms with Crippen molar-refractivity contribution in [3.05, 3.63) is 28.2 Å². The van der Waals surface area contributed by atoms with Crippen LogP contribution in [0.5, 0.6) is 5.75 Å². The lowest BCUT2D eigenvalue weighted by Crippen LogP contribution is -2.18. The van der Waals surface area contributed by atoms with Crippen LogP contribution in [0.3, 0.4) is 0 Å². The second kappa shape index (κ2) is 8.17. The summed E-state index contributed by atoms with van der Waals surface area (Å²) in [6, 6.07) is 6.12. The molecule has 0 bridgehead atoms. The van der Waals surface area contributed by atoms with Gasteiger partial charge in [-0.25, -0.2) is 0 Å². The third kappa shape index (κ3) is 6.07. The van der Waals surface area contributed by atoms with E-state index >= 15 is 0 Å². The Morgan fingerprint density at radius 2 is 2.26 bits per heavy atom. The first-order chi connectivity index (χ1) is 9.02. The molecule has 5 heteroatoms. The maximum absolute atomic E-state index is 11.0. The number of rotatable bonds is 7. The first-order valence-corrected chi connectivity index (χ1v) is 7.19. The highest BCUT2D eigenvalue weighted by molar-refractivity contribution is 9.10. The first-order valence-electron chi connectivity index (χ1n) is 6.40. The van der Waals surface area contributed by atoms with Crippen LogP contribution < -0.4 is 15.8 Å². The van der Waals surface area contributed by atoms with Crippen molar-refractivity contribution in [2.45, 2.75) is 32.2 Å². The van der Waals surface area contributed by atoms with E-state index in [0.29, 0.717) is 19.4 Å². The lowest BCUT2D eigenvalue weighted by atomic mass is 10.1. The Morgan fingerprint density at radius 1 is 1.53 bits per heavy atom. The highest BCUT2D eigenvalue weighted by Gasteiger charge is 2.05. The van der Waals surface area contributed by atoms with Gasteiger partial charge in [-0.2, -0.15) is 0 Å². The molecule has 106 valence electrons. The Labute approximate surface area is 122 Å². The second-order valence-corrected chi connectivity index (χ2v) is 5.43. The van der Waals surface area contributed by atoms with Crippen LogP contribution in [0.4, 0.5) is 0 Å². The van der Waals surface area contributed by atoms with Crippen LogP contribution in [0.15, 0.2) is 22.7 Å². The summed E-state index contributed by atoms with van der Waals surface area (Å²) in [4.78, 5) is 11.0. The lowest BCUT2D eigenvalue weighted by Gasteiger charge is -2.10. The maximum atomic E-state index is 11.0. The Balaban J connectivity index is 2.44. The SMILES string of the molecule is CNC(=O)CCCOc1ccc(CC(C)N)cc1Br. The van der Waals surface area contributed by atoms with Crippen molar-refractivity contribution in [3.8, 4) is 5.75 Å². The Bertz CT molecular complexity index is 422. The smallest absolute Gasteiger partial charge is 0.219 e. The second-order valence-electron chi connectivity index (χ2n) is 4.57. The van der Waals surface area contributed by atoms with E-state index in [-0.39, 0.29) is 11.9 Å². The molecular formula is C14H21BrN2O2. The molecule has 1 aromatic rings. The van der Waals surface area contributed by atoms with Crippen LogP contribution in [0.2, 0.25) is 0 Å². The Hall–Kier alpha value is -1.07. The minimum Gasteiger partial charge on any atom is -0.492 e. The molecule has 0 saturated heterocycles. The number of carbonyl (C=O) groups is 1. The zero-order valence-corrected chi connectivity index (χ0v) is 13.0. The molecule has 0 aliphatic carbocycles. The molecule has 0 heterocycles. The van der Waals surface area contributed by atoms with Crippen molar-refractivity contribution in [2.75, 3.05) is 13.7 Å². The van der Waals surface area contributed by atoms with E-state index in [9.17, 15) is 4.79 Å². The molecule has 0 aliphatic heterocycles. The number of nitrogens with two attached hydrogens (primary N) is 1. The van der Waals surface area contributed by atoms with Gasteiger partial charge < -0.3 is 15.8 Å². The molecule has 0 aliphatic rings. The normalized spacial score (nSPS) is 12.0. The maximum Gasteiger partial charge on any atom is 0.219 e. The number of hydrogen-bond donors (Lipinski definition) is 2. The molecule has 0 aromatic heterocycles. The molecule has 1 atom stereocenters. The largest absolute Gasteiger partial charge is 0.492 e. The van der Waals surface area contributed by atoms with Gasteiger partial charge in [0.2, 0.25) is 5.91 Å². The number of nitrogens with one attached hydrogen (secondary N) is 1. The summed E-state index contributed by atoms with van der Waals surface area (Å²) in [5.41, 5.74) is 6.95. The van der Waals surface area contributed by atoms with Gasteiger partial charge in [0.15, 0.2) is 0 Å². The van der Waals surface area contributed by atoms with Crippen LogP contribution in [0.1, 0.15) is 25.3 Å². The van der Waals surface area contributed by atoms with Gasteiger partial charge in [-0.05, 0) is 53.4 Å². The van der Waals surface area contributed by atoms with Crippen LogP contribution >= 0.6 is 15.9 Å². The third-order valence-electron chi connectivity index (χ3n) is 2.64. The molecular weight excluding hydrogens is 308 g/mol. The van der Waals surface area contributed by atoms with Crippen LogP contribution in [0, 0.1) is 0 Å². The summed E-state index contributed by atoms with van der Waals surface area (Å²) in [5, 5.41) is 2.59. The van der Waals surface area contributed by atoms with Crippen LogP contribution in [-0.4, -0.2) is 25.6 Å². The van der Waals surface area contributed by atoms with E-state index in [1.807, 2.05) is 25.1 Å². The van der Waals surface area contributed by atoms with Crippen molar-refractivity contribution in [2.24, 2.45) is 5.73 Å². The zero-order chi connectivity index (χ0) is 14.3. The van der Waals surface area contributed by atoms with Crippen LogP contribution in [0.25, 0.3) is 0 Å². The molecule has 1 unspecified atom stereocenters. The van der Waals surface area contributed by atoms with Crippen molar-refractivity contribution in [1.82, 2.24) is 5.32 Å². The van der Waals surface area contributed by atoms with Crippen molar-refractivity contribution < 1.29 is 9.53 Å². The molecule has 19 heavy (non-hydrogen) atoms. The predicted molar refractivity (Wildman–Crippen MR) is 80.3 cm³/mol. The fourth-order valence-corrected chi connectivity index (χ4v) is 2.24. The minimum absolute atomic E-state index is 0.0370. The fraction of sp³-hybridized carbons (Fsp3) is 0.500. The summed E-state index contributed by atoms with van der Waals surface area (Å²) >= 11 is 3.49. The number of amides is 1. The highest BCUT2D eigenvalue weighted by Crippen LogP contribution is 2.26. The van der Waals surface area contributed by atoms with Gasteiger partial charge >= 0.3 is 0 Å². The molecule has 0 radical (unpaired) electrons. The number of benzene rings is 1. The summed E-state index contributed by atoms with van der Waals surface area (Å²) in [5.74, 6) is 0.834. The van der Waals surface area contributed by atoms with Crippen molar-refractivity contribution >= 4 is 21.8 Å². The quantitative estimate of drug-likeness (QED) is 0.754. The topological polar surface area (TPSA) is 64.3 Å². The van der Waals surface area contributed by atoms with E-state index in [0.717, 1.165) is 16.6 Å². The van der Waals surface area contributed by atoms with Crippen molar-refractivity contribution in [3.63, 3.8) is 0 Å². The molecule has 1 aromatic carbocycles. The van der Waals surface area contributed by atoms with Gasteiger partial charge in [0.25, 0.3) is 0 Å². The summed E-state index contributed by atoms with van der Waals surface area (Å²) in [6.07, 6.45) is 2.03. The lowest BCUT2D eigenvalue weighted by molar-refractivity contribution is -0.120. The van der Waals surface area contributed by atoms with E-state index in [2.05, 4.69) is 21.2 Å². The summed E-state index contributed by atoms with van der Waals surface area (Å²) < 4.78 is 6.56. The number of ether oxygens (including phenoxy) is 1. The zero-order valence-electron chi connectivity index (χ0n) is 11.4. The van der Waals surface area contributed by atoms with Crippen LogP contribution in [-0.2, 0) is 11.2 Å². The number of hydrogen-bond acceptors (Lipinski definition) is 3. The Kier molecular flexibility index (Phi) is 6.87.